The van der Waals surface area contributed by atoms with Gasteiger partial charge in [-0.3, -0.25) is 14.4 Å². The number of primary amides is 1. The summed E-state index contributed by atoms with van der Waals surface area (Å²) in [6, 6.07) is 10.2. The third-order valence-electron chi connectivity index (χ3n) is 3.87. The number of ketones is 2. The molecular formula is C17H14N2O5S. The number of nitrogens with one attached hydrogen (secondary N) is 1. The standard InChI is InChI=1S/C17H14N2O5S/c18-15(20)7-8-19-25(23,24)10-5-6-13-14(9-10)17(22)12-4-2-1-3-11(12)16(13)21/h1-6,9,19H,7-8H2,(H2,18,20). The Morgan fingerprint density at radius 1 is 0.920 bits per heavy atom. The van der Waals surface area contributed by atoms with E-state index in [2.05, 4.69) is 4.72 Å². The molecule has 3 rings (SSSR count). The summed E-state index contributed by atoms with van der Waals surface area (Å²) < 4.78 is 26.8. The number of nitrogens with two attached hydrogens (primary N) is 1. The highest BCUT2D eigenvalue weighted by atomic mass is 32.2. The number of fused-ring (bicyclic) bond motifs is 2. The molecule has 0 aliphatic heterocycles. The molecule has 25 heavy (non-hydrogen) atoms. The molecule has 8 heteroatoms. The van der Waals surface area contributed by atoms with Crippen LogP contribution in [0.5, 0.6) is 0 Å². The van der Waals surface area contributed by atoms with E-state index in [-0.39, 0.29) is 40.3 Å². The molecule has 7 nitrogen and oxygen atoms in total. The van der Waals surface area contributed by atoms with Crippen LogP contribution in [0.15, 0.2) is 47.4 Å². The second-order valence-electron chi connectivity index (χ2n) is 5.53. The van der Waals surface area contributed by atoms with Gasteiger partial charge in [-0.1, -0.05) is 24.3 Å². The first kappa shape index (κ1) is 17.0. The van der Waals surface area contributed by atoms with Crippen molar-refractivity contribution in [2.75, 3.05) is 6.54 Å². The number of amides is 1. The summed E-state index contributed by atoms with van der Waals surface area (Å²) in [5.74, 6) is -1.36. The maximum absolute atomic E-state index is 12.6. The van der Waals surface area contributed by atoms with Gasteiger partial charge in [0.2, 0.25) is 15.9 Å². The first-order valence-electron chi connectivity index (χ1n) is 7.42. The van der Waals surface area contributed by atoms with E-state index in [0.29, 0.717) is 5.56 Å². The van der Waals surface area contributed by atoms with E-state index in [1.54, 1.807) is 18.2 Å². The van der Waals surface area contributed by atoms with Crippen LogP contribution in [0, 0.1) is 0 Å². The quantitative estimate of drug-likeness (QED) is 0.692. The second kappa shape index (κ2) is 6.23. The van der Waals surface area contributed by atoms with Crippen LogP contribution in [0.1, 0.15) is 38.3 Å². The smallest absolute Gasteiger partial charge is 0.240 e. The average molecular weight is 358 g/mol. The first-order valence-corrected chi connectivity index (χ1v) is 8.90. The molecule has 3 N–H and O–H groups in total. The van der Waals surface area contributed by atoms with E-state index in [9.17, 15) is 22.8 Å². The lowest BCUT2D eigenvalue weighted by atomic mass is 9.84. The van der Waals surface area contributed by atoms with Crippen molar-refractivity contribution in [3.05, 3.63) is 64.7 Å². The fraction of sp³-hybridized carbons (Fsp3) is 0.118. The van der Waals surface area contributed by atoms with E-state index in [1.165, 1.54) is 24.3 Å². The lowest BCUT2D eigenvalue weighted by molar-refractivity contribution is -0.117. The van der Waals surface area contributed by atoms with Crippen molar-refractivity contribution < 1.29 is 22.8 Å². The van der Waals surface area contributed by atoms with Crippen molar-refractivity contribution in [3.63, 3.8) is 0 Å². The minimum Gasteiger partial charge on any atom is -0.370 e. The Hall–Kier alpha value is -2.84. The molecular weight excluding hydrogens is 344 g/mol. The summed E-state index contributed by atoms with van der Waals surface area (Å²) in [5, 5.41) is 0. The number of carbonyl (C=O) groups is 3. The molecule has 0 fully saturated rings. The predicted octanol–water partition coefficient (Wildman–Crippen LogP) is 0.616. The number of sulfonamides is 1. The average Bonchev–Trinajstić information content (AvgIpc) is 2.58. The zero-order chi connectivity index (χ0) is 18.2. The van der Waals surface area contributed by atoms with Crippen LogP contribution in [0.4, 0.5) is 0 Å². The molecule has 0 unspecified atom stereocenters. The summed E-state index contributed by atoms with van der Waals surface area (Å²) in [4.78, 5) is 35.7. The van der Waals surface area contributed by atoms with E-state index in [1.807, 2.05) is 0 Å². The number of rotatable bonds is 5. The fourth-order valence-electron chi connectivity index (χ4n) is 2.64. The number of hydrogen-bond acceptors (Lipinski definition) is 5. The number of benzene rings is 2. The lowest BCUT2D eigenvalue weighted by Gasteiger charge is -2.18. The van der Waals surface area contributed by atoms with Gasteiger partial charge in [-0.05, 0) is 18.2 Å². The lowest BCUT2D eigenvalue weighted by Crippen LogP contribution is -2.29. The topological polar surface area (TPSA) is 123 Å². The Morgan fingerprint density at radius 3 is 2.08 bits per heavy atom. The molecule has 128 valence electrons. The Bertz CT molecular complexity index is 1010. The van der Waals surface area contributed by atoms with Gasteiger partial charge in [-0.15, -0.1) is 0 Å². The second-order valence-corrected chi connectivity index (χ2v) is 7.29. The highest BCUT2D eigenvalue weighted by molar-refractivity contribution is 7.89. The van der Waals surface area contributed by atoms with Gasteiger partial charge < -0.3 is 5.73 Å². The van der Waals surface area contributed by atoms with Crippen molar-refractivity contribution in [2.45, 2.75) is 11.3 Å². The van der Waals surface area contributed by atoms with Gasteiger partial charge in [0.15, 0.2) is 11.6 Å². The monoisotopic (exact) mass is 358 g/mol. The summed E-state index contributed by atoms with van der Waals surface area (Å²) in [6.45, 7) is -0.148. The van der Waals surface area contributed by atoms with Gasteiger partial charge in [-0.25, -0.2) is 13.1 Å². The minimum absolute atomic E-state index is 0.0430. The third-order valence-corrected chi connectivity index (χ3v) is 5.33. The SMILES string of the molecule is NC(=O)CCNS(=O)(=O)c1ccc2c(c1)C(=O)c1ccccc1C2=O. The third kappa shape index (κ3) is 3.09. The van der Waals surface area contributed by atoms with Gasteiger partial charge in [0, 0.05) is 35.2 Å². The molecule has 0 saturated heterocycles. The molecule has 0 spiro atoms. The molecule has 0 saturated carbocycles. The van der Waals surface area contributed by atoms with Crippen molar-refractivity contribution in [1.82, 2.24) is 4.72 Å². The summed E-state index contributed by atoms with van der Waals surface area (Å²) in [5.41, 5.74) is 5.73. The minimum atomic E-state index is -3.93. The molecule has 1 aliphatic carbocycles. The van der Waals surface area contributed by atoms with Gasteiger partial charge in [0.25, 0.3) is 0 Å². The normalized spacial score (nSPS) is 13.3. The van der Waals surface area contributed by atoms with E-state index < -0.39 is 21.7 Å². The Labute approximate surface area is 143 Å². The highest BCUT2D eigenvalue weighted by Crippen LogP contribution is 2.28. The Balaban J connectivity index is 1.99. The molecule has 0 heterocycles. The van der Waals surface area contributed by atoms with Crippen LogP contribution >= 0.6 is 0 Å². The molecule has 0 atom stereocenters. The van der Waals surface area contributed by atoms with Crippen LogP contribution in [0.3, 0.4) is 0 Å². The van der Waals surface area contributed by atoms with Crippen LogP contribution < -0.4 is 10.5 Å². The Kier molecular flexibility index (Phi) is 4.23. The highest BCUT2D eigenvalue weighted by Gasteiger charge is 2.30. The van der Waals surface area contributed by atoms with Crippen molar-refractivity contribution in [1.29, 1.82) is 0 Å². The Morgan fingerprint density at radius 2 is 1.48 bits per heavy atom. The van der Waals surface area contributed by atoms with E-state index >= 15 is 0 Å². The summed E-state index contributed by atoms with van der Waals surface area (Å²) in [6.07, 6.45) is -0.144. The fourth-order valence-corrected chi connectivity index (χ4v) is 3.70. The van der Waals surface area contributed by atoms with Crippen molar-refractivity contribution in [2.24, 2.45) is 5.73 Å². The maximum atomic E-state index is 12.6. The molecule has 0 bridgehead atoms. The van der Waals surface area contributed by atoms with Crippen molar-refractivity contribution in [3.8, 4) is 0 Å². The van der Waals surface area contributed by atoms with E-state index in [0.717, 1.165) is 0 Å². The maximum Gasteiger partial charge on any atom is 0.240 e. The molecule has 1 aliphatic rings. The van der Waals surface area contributed by atoms with Gasteiger partial charge in [0.1, 0.15) is 0 Å². The summed E-state index contributed by atoms with van der Waals surface area (Å²) >= 11 is 0. The van der Waals surface area contributed by atoms with Crippen LogP contribution in [-0.2, 0) is 14.8 Å². The van der Waals surface area contributed by atoms with Crippen LogP contribution in [0.2, 0.25) is 0 Å². The molecule has 0 radical (unpaired) electrons. The molecule has 2 aromatic carbocycles. The van der Waals surface area contributed by atoms with Crippen LogP contribution in [0.25, 0.3) is 0 Å². The summed E-state index contributed by atoms with van der Waals surface area (Å²) in [7, 11) is -3.93. The number of hydrogen-bond donors (Lipinski definition) is 2. The van der Waals surface area contributed by atoms with Gasteiger partial charge in [-0.2, -0.15) is 0 Å². The molecule has 1 amide bonds. The molecule has 0 aromatic heterocycles. The predicted molar refractivity (Wildman–Crippen MR) is 88.7 cm³/mol. The van der Waals surface area contributed by atoms with E-state index in [4.69, 9.17) is 5.73 Å². The molecule has 2 aromatic rings. The zero-order valence-corrected chi connectivity index (χ0v) is 13.8. The van der Waals surface area contributed by atoms with Crippen molar-refractivity contribution >= 4 is 27.5 Å². The van der Waals surface area contributed by atoms with Crippen LogP contribution in [-0.4, -0.2) is 32.4 Å². The number of carbonyl (C=O) groups excluding carboxylic acids is 3. The van der Waals surface area contributed by atoms with Gasteiger partial charge >= 0.3 is 0 Å². The first-order chi connectivity index (χ1) is 11.8. The largest absolute Gasteiger partial charge is 0.370 e. The zero-order valence-electron chi connectivity index (χ0n) is 13.0. The van der Waals surface area contributed by atoms with Gasteiger partial charge in [0.05, 0.1) is 4.90 Å².